The maximum atomic E-state index is 12.0. The van der Waals surface area contributed by atoms with Crippen molar-refractivity contribution in [2.24, 2.45) is 0 Å². The Balaban J connectivity index is 1.89. The maximum Gasteiger partial charge on any atom is 0.338 e. The Morgan fingerprint density at radius 1 is 1.16 bits per heavy atom. The van der Waals surface area contributed by atoms with E-state index < -0.39 is 10.9 Å². The SMILES string of the molecule is CCN(CCOC(=O)c1ccc([N+](=O)[O-])cc1)c1ccc(C=O)cc1. The Morgan fingerprint density at radius 2 is 1.80 bits per heavy atom. The summed E-state index contributed by atoms with van der Waals surface area (Å²) < 4.78 is 5.22. The molecule has 0 heterocycles. The van der Waals surface area contributed by atoms with Crippen LogP contribution in [0.1, 0.15) is 27.6 Å². The third kappa shape index (κ3) is 4.87. The van der Waals surface area contributed by atoms with Crippen molar-refractivity contribution >= 4 is 23.6 Å². The number of nitro benzene ring substituents is 1. The number of non-ortho nitro benzene ring substituents is 1. The van der Waals surface area contributed by atoms with E-state index in [2.05, 4.69) is 0 Å². The molecule has 0 saturated heterocycles. The predicted octanol–water partition coefficient (Wildman–Crippen LogP) is 3.09. The fourth-order valence-corrected chi connectivity index (χ4v) is 2.28. The predicted molar refractivity (Wildman–Crippen MR) is 93.1 cm³/mol. The zero-order valence-corrected chi connectivity index (χ0v) is 13.8. The van der Waals surface area contributed by atoms with Crippen LogP contribution in [0.5, 0.6) is 0 Å². The summed E-state index contributed by atoms with van der Waals surface area (Å²) in [5.41, 5.74) is 1.72. The van der Waals surface area contributed by atoms with Crippen molar-refractivity contribution in [1.82, 2.24) is 0 Å². The molecule has 0 aromatic heterocycles. The molecule has 0 fully saturated rings. The van der Waals surface area contributed by atoms with Gasteiger partial charge in [-0.15, -0.1) is 0 Å². The smallest absolute Gasteiger partial charge is 0.338 e. The second-order valence-corrected chi connectivity index (χ2v) is 5.23. The van der Waals surface area contributed by atoms with E-state index >= 15 is 0 Å². The highest BCUT2D eigenvalue weighted by molar-refractivity contribution is 5.89. The van der Waals surface area contributed by atoms with Gasteiger partial charge in [-0.2, -0.15) is 0 Å². The van der Waals surface area contributed by atoms with Crippen molar-refractivity contribution in [1.29, 1.82) is 0 Å². The molecule has 0 aliphatic rings. The second kappa shape index (κ2) is 8.58. The van der Waals surface area contributed by atoms with Gasteiger partial charge in [0.1, 0.15) is 12.9 Å². The molecule has 130 valence electrons. The first kappa shape index (κ1) is 18.1. The average Bonchev–Trinajstić information content (AvgIpc) is 2.65. The molecule has 0 saturated carbocycles. The van der Waals surface area contributed by atoms with Gasteiger partial charge in [-0.1, -0.05) is 0 Å². The van der Waals surface area contributed by atoms with Gasteiger partial charge in [0.2, 0.25) is 0 Å². The molecule has 25 heavy (non-hydrogen) atoms. The van der Waals surface area contributed by atoms with Crippen molar-refractivity contribution in [3.63, 3.8) is 0 Å². The number of carbonyl (C=O) groups is 2. The lowest BCUT2D eigenvalue weighted by Gasteiger charge is -2.23. The summed E-state index contributed by atoms with van der Waals surface area (Å²) in [5, 5.41) is 10.6. The summed E-state index contributed by atoms with van der Waals surface area (Å²) in [4.78, 5) is 34.7. The zero-order valence-electron chi connectivity index (χ0n) is 13.8. The highest BCUT2D eigenvalue weighted by atomic mass is 16.6. The summed E-state index contributed by atoms with van der Waals surface area (Å²) in [6.07, 6.45) is 0.784. The molecule has 7 heteroatoms. The molecule has 0 unspecified atom stereocenters. The first-order valence-electron chi connectivity index (χ1n) is 7.77. The number of nitrogens with zero attached hydrogens (tertiary/aromatic N) is 2. The van der Waals surface area contributed by atoms with Crippen LogP contribution in [0.25, 0.3) is 0 Å². The van der Waals surface area contributed by atoms with Crippen LogP contribution >= 0.6 is 0 Å². The summed E-state index contributed by atoms with van der Waals surface area (Å²) in [7, 11) is 0. The van der Waals surface area contributed by atoms with Gasteiger partial charge in [0.05, 0.1) is 17.0 Å². The van der Waals surface area contributed by atoms with E-state index in [0.717, 1.165) is 18.5 Å². The van der Waals surface area contributed by atoms with Gasteiger partial charge < -0.3 is 9.64 Å². The summed E-state index contributed by atoms with van der Waals surface area (Å²) in [6.45, 7) is 3.37. The van der Waals surface area contributed by atoms with E-state index in [4.69, 9.17) is 4.74 Å². The van der Waals surface area contributed by atoms with Crippen molar-refractivity contribution < 1.29 is 19.2 Å². The van der Waals surface area contributed by atoms with Gasteiger partial charge in [-0.05, 0) is 43.3 Å². The second-order valence-electron chi connectivity index (χ2n) is 5.23. The molecule has 2 aromatic carbocycles. The molecule has 7 nitrogen and oxygen atoms in total. The van der Waals surface area contributed by atoms with E-state index in [-0.39, 0.29) is 17.9 Å². The molecule has 0 atom stereocenters. The molecule has 0 N–H and O–H groups in total. The van der Waals surface area contributed by atoms with Gasteiger partial charge in [0, 0.05) is 29.9 Å². The van der Waals surface area contributed by atoms with Gasteiger partial charge in [-0.25, -0.2) is 4.79 Å². The summed E-state index contributed by atoms with van der Waals surface area (Å²) >= 11 is 0. The Kier molecular flexibility index (Phi) is 6.22. The molecular weight excluding hydrogens is 324 g/mol. The minimum absolute atomic E-state index is 0.0764. The van der Waals surface area contributed by atoms with Crippen molar-refractivity contribution in [2.45, 2.75) is 6.92 Å². The fraction of sp³-hybridized carbons (Fsp3) is 0.222. The van der Waals surface area contributed by atoms with Crippen molar-refractivity contribution in [2.75, 3.05) is 24.6 Å². The van der Waals surface area contributed by atoms with Crippen molar-refractivity contribution in [3.05, 3.63) is 69.8 Å². The minimum atomic E-state index is -0.526. The lowest BCUT2D eigenvalue weighted by molar-refractivity contribution is -0.384. The molecule has 0 bridgehead atoms. The number of rotatable bonds is 8. The number of hydrogen-bond acceptors (Lipinski definition) is 6. The van der Waals surface area contributed by atoms with Crippen LogP contribution in [-0.2, 0) is 4.74 Å². The Bertz CT molecular complexity index is 741. The Morgan fingerprint density at radius 3 is 2.32 bits per heavy atom. The molecule has 0 aliphatic heterocycles. The quantitative estimate of drug-likeness (QED) is 0.317. The minimum Gasteiger partial charge on any atom is -0.460 e. The van der Waals surface area contributed by atoms with Crippen LogP contribution in [0, 0.1) is 10.1 Å². The molecule has 2 aromatic rings. The standard InChI is InChI=1S/C18H18N2O5/c1-2-19(16-7-3-14(13-21)4-8-16)11-12-25-18(22)15-5-9-17(10-6-15)20(23)24/h3-10,13H,2,11-12H2,1H3. The Labute approximate surface area is 145 Å². The largest absolute Gasteiger partial charge is 0.460 e. The molecular formula is C18H18N2O5. The van der Waals surface area contributed by atoms with E-state index in [1.165, 1.54) is 24.3 Å². The Hall–Kier alpha value is -3.22. The molecule has 0 radical (unpaired) electrons. The third-order valence-electron chi connectivity index (χ3n) is 3.68. The number of nitro groups is 1. The number of hydrogen-bond donors (Lipinski definition) is 0. The summed E-state index contributed by atoms with van der Waals surface area (Å²) in [6, 6.07) is 12.4. The van der Waals surface area contributed by atoms with Crippen LogP contribution in [0.2, 0.25) is 0 Å². The van der Waals surface area contributed by atoms with E-state index in [1.54, 1.807) is 12.1 Å². The van der Waals surface area contributed by atoms with Crippen LogP contribution < -0.4 is 4.90 Å². The van der Waals surface area contributed by atoms with Crippen molar-refractivity contribution in [3.8, 4) is 0 Å². The van der Waals surface area contributed by atoms with Gasteiger partial charge in [0.15, 0.2) is 0 Å². The van der Waals surface area contributed by atoms with Crippen LogP contribution in [0.4, 0.5) is 11.4 Å². The van der Waals surface area contributed by atoms with Crippen LogP contribution in [-0.4, -0.2) is 36.9 Å². The monoisotopic (exact) mass is 342 g/mol. The number of benzene rings is 2. The van der Waals surface area contributed by atoms with Gasteiger partial charge in [0.25, 0.3) is 5.69 Å². The number of carbonyl (C=O) groups excluding carboxylic acids is 2. The number of anilines is 1. The lowest BCUT2D eigenvalue weighted by atomic mass is 10.2. The molecule has 0 aliphatic carbocycles. The van der Waals surface area contributed by atoms with E-state index in [1.807, 2.05) is 24.0 Å². The average molecular weight is 342 g/mol. The molecule has 2 rings (SSSR count). The number of likely N-dealkylation sites (N-methyl/N-ethyl adjacent to an activating group) is 1. The zero-order chi connectivity index (χ0) is 18.2. The van der Waals surface area contributed by atoms with Crippen LogP contribution in [0.3, 0.4) is 0 Å². The highest BCUT2D eigenvalue weighted by Gasteiger charge is 2.11. The normalized spacial score (nSPS) is 10.1. The summed E-state index contributed by atoms with van der Waals surface area (Å²) in [5.74, 6) is -0.526. The third-order valence-corrected chi connectivity index (χ3v) is 3.68. The molecule has 0 amide bonds. The van der Waals surface area contributed by atoms with E-state index in [9.17, 15) is 19.7 Å². The number of aldehydes is 1. The number of esters is 1. The van der Waals surface area contributed by atoms with E-state index in [0.29, 0.717) is 12.1 Å². The number of ether oxygens (including phenoxy) is 1. The first-order chi connectivity index (χ1) is 12.0. The highest BCUT2D eigenvalue weighted by Crippen LogP contribution is 2.15. The fourth-order valence-electron chi connectivity index (χ4n) is 2.28. The maximum absolute atomic E-state index is 12.0. The van der Waals surface area contributed by atoms with Gasteiger partial charge in [-0.3, -0.25) is 14.9 Å². The lowest BCUT2D eigenvalue weighted by Crippen LogP contribution is -2.28. The van der Waals surface area contributed by atoms with Gasteiger partial charge >= 0.3 is 5.97 Å². The van der Waals surface area contributed by atoms with Crippen LogP contribution in [0.15, 0.2) is 48.5 Å². The topological polar surface area (TPSA) is 89.8 Å². The molecule has 0 spiro atoms. The first-order valence-corrected chi connectivity index (χ1v) is 7.77.